The van der Waals surface area contributed by atoms with Gasteiger partial charge in [-0.05, 0) is 55.3 Å². The lowest BCUT2D eigenvalue weighted by molar-refractivity contribution is 0.453. The number of benzene rings is 1. The summed E-state index contributed by atoms with van der Waals surface area (Å²) in [4.78, 5) is 0. The van der Waals surface area contributed by atoms with E-state index in [0.717, 1.165) is 17.8 Å². The first-order valence-electron chi connectivity index (χ1n) is 8.60. The molecule has 0 amide bonds. The van der Waals surface area contributed by atoms with Gasteiger partial charge in [-0.2, -0.15) is 5.10 Å². The van der Waals surface area contributed by atoms with Crippen LogP contribution < -0.4 is 5.32 Å². The molecule has 0 spiro atoms. The van der Waals surface area contributed by atoms with E-state index >= 15 is 0 Å². The van der Waals surface area contributed by atoms with Gasteiger partial charge in [0.25, 0.3) is 0 Å². The number of rotatable bonds is 6. The molecule has 2 heterocycles. The molecule has 0 bridgehead atoms. The normalized spacial score (nSPS) is 13.8. The van der Waals surface area contributed by atoms with E-state index < -0.39 is 0 Å². The van der Waals surface area contributed by atoms with Crippen molar-refractivity contribution in [2.24, 2.45) is 7.05 Å². The molecular weight excluding hydrogens is 314 g/mol. The van der Waals surface area contributed by atoms with Gasteiger partial charge >= 0.3 is 0 Å². The fourth-order valence-corrected chi connectivity index (χ4v) is 3.29. The van der Waals surface area contributed by atoms with Crippen molar-refractivity contribution in [3.8, 4) is 5.69 Å². The summed E-state index contributed by atoms with van der Waals surface area (Å²) in [5.41, 5.74) is 5.81. The summed E-state index contributed by atoms with van der Waals surface area (Å²) in [7, 11) is 2.00. The lowest BCUT2D eigenvalue weighted by atomic mass is 9.99. The van der Waals surface area contributed by atoms with Crippen molar-refractivity contribution in [1.82, 2.24) is 35.3 Å². The van der Waals surface area contributed by atoms with Crippen molar-refractivity contribution in [2.75, 3.05) is 0 Å². The summed E-state index contributed by atoms with van der Waals surface area (Å²) < 4.78 is 3.61. The molecular formula is C18H25N7. The van der Waals surface area contributed by atoms with Crippen LogP contribution in [0.4, 0.5) is 0 Å². The zero-order valence-electron chi connectivity index (χ0n) is 15.4. The smallest absolute Gasteiger partial charge is 0.143 e. The highest BCUT2D eigenvalue weighted by Crippen LogP contribution is 2.27. The Morgan fingerprint density at radius 3 is 2.40 bits per heavy atom. The maximum absolute atomic E-state index is 4.55. The number of aryl methyl sites for hydroxylation is 2. The highest BCUT2D eigenvalue weighted by atomic mass is 15.5. The van der Waals surface area contributed by atoms with Crippen LogP contribution in [-0.2, 0) is 7.05 Å². The van der Waals surface area contributed by atoms with E-state index in [-0.39, 0.29) is 12.1 Å². The predicted octanol–water partition coefficient (Wildman–Crippen LogP) is 2.81. The first-order valence-corrected chi connectivity index (χ1v) is 8.60. The second-order valence-corrected chi connectivity index (χ2v) is 6.40. The van der Waals surface area contributed by atoms with E-state index in [1.54, 1.807) is 11.0 Å². The molecule has 25 heavy (non-hydrogen) atoms. The Morgan fingerprint density at radius 1 is 1.16 bits per heavy atom. The standard InChI is InChI=1S/C18H25N7/c1-6-17(18-13(3)21-24(5)14(18)4)20-12(2)15-7-9-16(10-8-15)25-11-19-22-23-25/h7-12,17,20H,6H2,1-5H3/t12-,17-/m1/s1. The third kappa shape index (κ3) is 3.46. The molecule has 2 atom stereocenters. The quantitative estimate of drug-likeness (QED) is 0.747. The Kier molecular flexibility index (Phi) is 4.94. The van der Waals surface area contributed by atoms with Crippen LogP contribution in [0.1, 0.15) is 54.9 Å². The Morgan fingerprint density at radius 2 is 1.88 bits per heavy atom. The topological polar surface area (TPSA) is 73.5 Å². The summed E-state index contributed by atoms with van der Waals surface area (Å²) in [6.07, 6.45) is 2.61. The molecule has 1 aromatic carbocycles. The minimum absolute atomic E-state index is 0.229. The number of nitrogens with one attached hydrogen (secondary N) is 1. The monoisotopic (exact) mass is 339 g/mol. The Bertz CT molecular complexity index is 818. The van der Waals surface area contributed by atoms with E-state index in [4.69, 9.17) is 0 Å². The highest BCUT2D eigenvalue weighted by Gasteiger charge is 2.20. The SMILES string of the molecule is CC[C@@H](N[C@H](C)c1ccc(-n2cnnn2)cc1)c1c(C)nn(C)c1C. The van der Waals surface area contributed by atoms with E-state index in [1.165, 1.54) is 16.8 Å². The zero-order chi connectivity index (χ0) is 18.0. The maximum atomic E-state index is 4.55. The van der Waals surface area contributed by atoms with Crippen LogP contribution in [0, 0.1) is 13.8 Å². The number of nitrogens with zero attached hydrogens (tertiary/aromatic N) is 6. The second-order valence-electron chi connectivity index (χ2n) is 6.40. The molecule has 3 aromatic rings. The van der Waals surface area contributed by atoms with Crippen LogP contribution in [0.25, 0.3) is 5.69 Å². The summed E-state index contributed by atoms with van der Waals surface area (Å²) in [5.74, 6) is 0. The van der Waals surface area contributed by atoms with Gasteiger partial charge in [0.05, 0.1) is 11.4 Å². The molecule has 3 rings (SSSR count). The van der Waals surface area contributed by atoms with Crippen molar-refractivity contribution < 1.29 is 0 Å². The molecule has 132 valence electrons. The Labute approximate surface area is 148 Å². The molecule has 0 saturated heterocycles. The molecule has 0 saturated carbocycles. The molecule has 7 heteroatoms. The lowest BCUT2D eigenvalue weighted by Gasteiger charge is -2.23. The van der Waals surface area contributed by atoms with Crippen molar-refractivity contribution in [3.63, 3.8) is 0 Å². The number of aromatic nitrogens is 6. The largest absolute Gasteiger partial charge is 0.303 e. The van der Waals surface area contributed by atoms with Gasteiger partial charge in [-0.1, -0.05) is 19.1 Å². The summed E-state index contributed by atoms with van der Waals surface area (Å²) in [6, 6.07) is 8.81. The van der Waals surface area contributed by atoms with Crippen LogP contribution in [0.15, 0.2) is 30.6 Å². The minimum Gasteiger partial charge on any atom is -0.303 e. The molecule has 0 unspecified atom stereocenters. The van der Waals surface area contributed by atoms with Gasteiger partial charge in [0.1, 0.15) is 6.33 Å². The maximum Gasteiger partial charge on any atom is 0.143 e. The van der Waals surface area contributed by atoms with Crippen LogP contribution in [0.2, 0.25) is 0 Å². The van der Waals surface area contributed by atoms with Crippen LogP contribution in [0.3, 0.4) is 0 Å². The average molecular weight is 339 g/mol. The van der Waals surface area contributed by atoms with E-state index in [1.807, 2.05) is 23.9 Å². The van der Waals surface area contributed by atoms with Crippen LogP contribution in [0.5, 0.6) is 0 Å². The van der Waals surface area contributed by atoms with E-state index in [2.05, 4.69) is 65.8 Å². The minimum atomic E-state index is 0.229. The molecule has 0 radical (unpaired) electrons. The van der Waals surface area contributed by atoms with Gasteiger partial charge in [-0.3, -0.25) is 4.68 Å². The van der Waals surface area contributed by atoms with Crippen molar-refractivity contribution in [3.05, 3.63) is 53.1 Å². The van der Waals surface area contributed by atoms with Crippen molar-refractivity contribution in [1.29, 1.82) is 0 Å². The van der Waals surface area contributed by atoms with E-state index in [9.17, 15) is 0 Å². The number of tetrazole rings is 1. The van der Waals surface area contributed by atoms with Crippen molar-refractivity contribution in [2.45, 2.75) is 46.2 Å². The lowest BCUT2D eigenvalue weighted by Crippen LogP contribution is -2.25. The second kappa shape index (κ2) is 7.14. The molecule has 2 aromatic heterocycles. The van der Waals surface area contributed by atoms with Crippen LogP contribution in [-0.4, -0.2) is 30.0 Å². The highest BCUT2D eigenvalue weighted by molar-refractivity contribution is 5.35. The first kappa shape index (κ1) is 17.3. The fourth-order valence-electron chi connectivity index (χ4n) is 3.29. The number of hydrogen-bond acceptors (Lipinski definition) is 5. The van der Waals surface area contributed by atoms with Gasteiger partial charge in [0, 0.05) is 30.4 Å². The fraction of sp³-hybridized carbons (Fsp3) is 0.444. The van der Waals surface area contributed by atoms with Gasteiger partial charge in [0.15, 0.2) is 0 Å². The molecule has 7 nitrogen and oxygen atoms in total. The molecule has 0 aliphatic heterocycles. The summed E-state index contributed by atoms with van der Waals surface area (Å²) in [5, 5.41) is 19.6. The molecule has 0 fully saturated rings. The van der Waals surface area contributed by atoms with Gasteiger partial charge in [-0.25, -0.2) is 4.68 Å². The summed E-state index contributed by atoms with van der Waals surface area (Å²) in [6.45, 7) is 8.61. The van der Waals surface area contributed by atoms with Crippen LogP contribution >= 0.6 is 0 Å². The zero-order valence-corrected chi connectivity index (χ0v) is 15.4. The molecule has 0 aliphatic rings. The van der Waals surface area contributed by atoms with Gasteiger partial charge in [-0.15, -0.1) is 5.10 Å². The van der Waals surface area contributed by atoms with E-state index in [0.29, 0.717) is 0 Å². The first-order chi connectivity index (χ1) is 12.0. The predicted molar refractivity (Wildman–Crippen MR) is 96.4 cm³/mol. The van der Waals surface area contributed by atoms with Gasteiger partial charge < -0.3 is 5.32 Å². The number of hydrogen-bond donors (Lipinski definition) is 1. The third-order valence-corrected chi connectivity index (χ3v) is 4.78. The van der Waals surface area contributed by atoms with Crippen molar-refractivity contribution >= 4 is 0 Å². The Hall–Kier alpha value is -2.54. The third-order valence-electron chi connectivity index (χ3n) is 4.78. The van der Waals surface area contributed by atoms with Gasteiger partial charge in [0.2, 0.25) is 0 Å². The Balaban J connectivity index is 1.77. The average Bonchev–Trinajstić information content (AvgIpc) is 3.22. The summed E-state index contributed by atoms with van der Waals surface area (Å²) >= 11 is 0. The molecule has 1 N–H and O–H groups in total. The molecule has 0 aliphatic carbocycles.